The second-order valence-corrected chi connectivity index (χ2v) is 6.93. The van der Waals surface area contributed by atoms with Gasteiger partial charge >= 0.3 is 0 Å². The molecule has 3 nitrogen and oxygen atoms in total. The van der Waals surface area contributed by atoms with Crippen LogP contribution in [0, 0.1) is 28.1 Å². The predicted octanol–water partition coefficient (Wildman–Crippen LogP) is 3.16. The Bertz CT molecular complexity index is 393. The first-order chi connectivity index (χ1) is 9.21. The molecule has 0 atom stereocenters. The minimum Gasteiger partial charge on any atom is -0.354 e. The molecule has 0 aromatic rings. The third-order valence-corrected chi connectivity index (χ3v) is 5.54. The fraction of sp³-hybridized carbons (Fsp3) is 0.875. The van der Waals surface area contributed by atoms with Gasteiger partial charge in [0.25, 0.3) is 0 Å². The minimum absolute atomic E-state index is 0.0174. The van der Waals surface area contributed by atoms with Gasteiger partial charge < -0.3 is 5.32 Å². The molecule has 0 saturated heterocycles. The number of hydrogen-bond donors (Lipinski definition) is 1. The molecule has 1 amide bonds. The van der Waals surface area contributed by atoms with Crippen molar-refractivity contribution in [1.29, 1.82) is 5.26 Å². The van der Waals surface area contributed by atoms with E-state index in [0.29, 0.717) is 5.41 Å². The van der Waals surface area contributed by atoms with Crippen molar-refractivity contribution in [2.75, 3.05) is 6.54 Å². The van der Waals surface area contributed by atoms with Gasteiger partial charge in [0.2, 0.25) is 5.91 Å². The molecule has 3 fully saturated rings. The zero-order valence-electron chi connectivity index (χ0n) is 11.7. The third-order valence-electron chi connectivity index (χ3n) is 5.54. The average molecular weight is 260 g/mol. The lowest BCUT2D eigenvalue weighted by atomic mass is 9.80. The zero-order chi connectivity index (χ0) is 13.3. The normalized spacial score (nSPS) is 27.9. The van der Waals surface area contributed by atoms with Crippen LogP contribution in [0.3, 0.4) is 0 Å². The standard InChI is InChI=1S/C16H24N2O/c17-11-15(7-3-1-2-4-8-15)14(19)18-12-16(9-10-16)13-5-6-13/h13H,1-10,12H2,(H,18,19). The van der Waals surface area contributed by atoms with Crippen LogP contribution < -0.4 is 5.32 Å². The zero-order valence-corrected chi connectivity index (χ0v) is 11.7. The van der Waals surface area contributed by atoms with Gasteiger partial charge in [-0.3, -0.25) is 4.79 Å². The summed E-state index contributed by atoms with van der Waals surface area (Å²) in [6.45, 7) is 0.819. The second-order valence-electron chi connectivity index (χ2n) is 6.93. The van der Waals surface area contributed by atoms with E-state index in [1.807, 2.05) is 0 Å². The Kier molecular flexibility index (Phi) is 3.28. The maximum atomic E-state index is 12.5. The van der Waals surface area contributed by atoms with Crippen molar-refractivity contribution in [3.8, 4) is 6.07 Å². The fourth-order valence-electron chi connectivity index (χ4n) is 3.73. The maximum Gasteiger partial charge on any atom is 0.240 e. The SMILES string of the molecule is N#CC1(C(=O)NCC2(C3CC3)CC2)CCCCCC1. The Morgan fingerprint density at radius 1 is 1.11 bits per heavy atom. The molecule has 3 rings (SSSR count). The molecule has 0 aromatic carbocycles. The number of hydrogen-bond acceptors (Lipinski definition) is 2. The Balaban J connectivity index is 1.59. The van der Waals surface area contributed by atoms with Gasteiger partial charge in [0.05, 0.1) is 6.07 Å². The molecule has 1 N–H and O–H groups in total. The number of rotatable bonds is 4. The van der Waals surface area contributed by atoms with Crippen LogP contribution >= 0.6 is 0 Å². The molecule has 0 heterocycles. The highest BCUT2D eigenvalue weighted by Crippen LogP contribution is 2.60. The van der Waals surface area contributed by atoms with Gasteiger partial charge in [-0.1, -0.05) is 25.7 Å². The van der Waals surface area contributed by atoms with Crippen LogP contribution in [0.2, 0.25) is 0 Å². The summed E-state index contributed by atoms with van der Waals surface area (Å²) < 4.78 is 0. The summed E-state index contributed by atoms with van der Waals surface area (Å²) in [6, 6.07) is 2.35. The molecule has 3 heteroatoms. The molecule has 19 heavy (non-hydrogen) atoms. The van der Waals surface area contributed by atoms with Crippen LogP contribution in [0.4, 0.5) is 0 Å². The van der Waals surface area contributed by atoms with Crippen LogP contribution in [0.25, 0.3) is 0 Å². The summed E-state index contributed by atoms with van der Waals surface area (Å²) in [5, 5.41) is 12.6. The van der Waals surface area contributed by atoms with Gasteiger partial charge in [0.15, 0.2) is 0 Å². The van der Waals surface area contributed by atoms with E-state index in [0.717, 1.165) is 38.1 Å². The summed E-state index contributed by atoms with van der Waals surface area (Å²) >= 11 is 0. The first kappa shape index (κ1) is 13.0. The number of nitriles is 1. The quantitative estimate of drug-likeness (QED) is 0.789. The van der Waals surface area contributed by atoms with Gasteiger partial charge in [0, 0.05) is 6.54 Å². The number of carbonyl (C=O) groups is 1. The third kappa shape index (κ3) is 2.50. The van der Waals surface area contributed by atoms with Gasteiger partial charge in [-0.2, -0.15) is 5.26 Å². The van der Waals surface area contributed by atoms with E-state index in [4.69, 9.17) is 0 Å². The highest BCUT2D eigenvalue weighted by molar-refractivity contribution is 5.85. The monoisotopic (exact) mass is 260 g/mol. The van der Waals surface area contributed by atoms with Gasteiger partial charge in [0.1, 0.15) is 5.41 Å². The summed E-state index contributed by atoms with van der Waals surface area (Å²) in [5.74, 6) is 0.879. The highest BCUT2D eigenvalue weighted by atomic mass is 16.2. The summed E-state index contributed by atoms with van der Waals surface area (Å²) in [5.41, 5.74) is -0.298. The number of carbonyl (C=O) groups excluding carboxylic acids is 1. The largest absolute Gasteiger partial charge is 0.354 e. The van der Waals surface area contributed by atoms with E-state index in [-0.39, 0.29) is 5.91 Å². The molecule has 0 radical (unpaired) electrons. The molecular formula is C16H24N2O. The fourth-order valence-corrected chi connectivity index (χ4v) is 3.73. The predicted molar refractivity (Wildman–Crippen MR) is 73.1 cm³/mol. The minimum atomic E-state index is -0.726. The second kappa shape index (κ2) is 4.81. The summed E-state index contributed by atoms with van der Waals surface area (Å²) in [6.07, 6.45) is 11.1. The number of amides is 1. The topological polar surface area (TPSA) is 52.9 Å². The molecule has 0 spiro atoms. The highest BCUT2D eigenvalue weighted by Gasteiger charge is 2.54. The molecule has 104 valence electrons. The van der Waals surface area contributed by atoms with Crippen molar-refractivity contribution >= 4 is 5.91 Å². The molecule has 0 aliphatic heterocycles. The van der Waals surface area contributed by atoms with Crippen LogP contribution in [-0.4, -0.2) is 12.5 Å². The lowest BCUT2D eigenvalue weighted by molar-refractivity contribution is -0.129. The van der Waals surface area contributed by atoms with Crippen LogP contribution in [0.5, 0.6) is 0 Å². The van der Waals surface area contributed by atoms with Crippen molar-refractivity contribution in [1.82, 2.24) is 5.32 Å². The maximum absolute atomic E-state index is 12.5. The van der Waals surface area contributed by atoms with E-state index in [2.05, 4.69) is 11.4 Å². The van der Waals surface area contributed by atoms with E-state index in [1.54, 1.807) is 0 Å². The van der Waals surface area contributed by atoms with E-state index >= 15 is 0 Å². The average Bonchev–Trinajstić information content (AvgIpc) is 3.31. The molecule has 0 aromatic heterocycles. The number of nitrogens with one attached hydrogen (secondary N) is 1. The molecule has 3 saturated carbocycles. The molecule has 0 unspecified atom stereocenters. The van der Waals surface area contributed by atoms with Crippen molar-refractivity contribution in [2.45, 2.75) is 64.2 Å². The van der Waals surface area contributed by atoms with Crippen molar-refractivity contribution in [3.05, 3.63) is 0 Å². The Morgan fingerprint density at radius 2 is 1.74 bits per heavy atom. The van der Waals surface area contributed by atoms with Crippen LogP contribution in [0.1, 0.15) is 64.2 Å². The van der Waals surface area contributed by atoms with Crippen molar-refractivity contribution < 1.29 is 4.79 Å². The van der Waals surface area contributed by atoms with Crippen molar-refractivity contribution in [2.24, 2.45) is 16.7 Å². The Hall–Kier alpha value is -1.04. The van der Waals surface area contributed by atoms with E-state index < -0.39 is 5.41 Å². The van der Waals surface area contributed by atoms with E-state index in [9.17, 15) is 10.1 Å². The lowest BCUT2D eigenvalue weighted by Gasteiger charge is -2.25. The molecule has 0 bridgehead atoms. The Labute approximate surface area is 115 Å². The van der Waals surface area contributed by atoms with Gasteiger partial charge in [-0.05, 0) is 49.9 Å². The summed E-state index contributed by atoms with van der Waals surface area (Å²) in [4.78, 5) is 12.5. The first-order valence-electron chi connectivity index (χ1n) is 7.90. The Morgan fingerprint density at radius 3 is 2.21 bits per heavy atom. The first-order valence-corrected chi connectivity index (χ1v) is 7.90. The number of nitrogens with zero attached hydrogens (tertiary/aromatic N) is 1. The molecular weight excluding hydrogens is 236 g/mol. The lowest BCUT2D eigenvalue weighted by Crippen LogP contribution is -2.42. The summed E-state index contributed by atoms with van der Waals surface area (Å²) in [7, 11) is 0. The van der Waals surface area contributed by atoms with Gasteiger partial charge in [-0.15, -0.1) is 0 Å². The molecule has 3 aliphatic rings. The van der Waals surface area contributed by atoms with Crippen molar-refractivity contribution in [3.63, 3.8) is 0 Å². The van der Waals surface area contributed by atoms with E-state index in [1.165, 1.54) is 38.5 Å². The molecule has 3 aliphatic carbocycles. The smallest absolute Gasteiger partial charge is 0.240 e. The van der Waals surface area contributed by atoms with Gasteiger partial charge in [-0.25, -0.2) is 0 Å². The van der Waals surface area contributed by atoms with Crippen LogP contribution in [0.15, 0.2) is 0 Å². The van der Waals surface area contributed by atoms with Crippen LogP contribution in [-0.2, 0) is 4.79 Å².